The minimum atomic E-state index is -0.422. The number of carbonyl (C=O) groups is 2. The lowest BCUT2D eigenvalue weighted by Crippen LogP contribution is -2.42. The zero-order chi connectivity index (χ0) is 24.9. The molecule has 0 aliphatic carbocycles. The molecule has 0 spiro atoms. The molecule has 2 amide bonds. The van der Waals surface area contributed by atoms with Gasteiger partial charge >= 0.3 is 0 Å². The fraction of sp³-hybridized carbons (Fsp3) is 0.179. The van der Waals surface area contributed by atoms with Crippen LogP contribution in [0.1, 0.15) is 29.8 Å². The van der Waals surface area contributed by atoms with Crippen molar-refractivity contribution in [2.75, 3.05) is 11.9 Å². The van der Waals surface area contributed by atoms with Gasteiger partial charge in [-0.1, -0.05) is 48.0 Å². The Bertz CT molecular complexity index is 1310. The molecule has 0 unspecified atom stereocenters. The number of carbonyl (C=O) groups excluding carboxylic acids is 2. The molecule has 0 radical (unpaired) electrons. The van der Waals surface area contributed by atoms with E-state index in [2.05, 4.69) is 5.32 Å². The molecule has 178 valence electrons. The van der Waals surface area contributed by atoms with Crippen LogP contribution in [-0.4, -0.2) is 39.1 Å². The van der Waals surface area contributed by atoms with Crippen molar-refractivity contribution in [3.05, 3.63) is 102 Å². The van der Waals surface area contributed by atoms with Gasteiger partial charge in [-0.05, 0) is 57.2 Å². The lowest BCUT2D eigenvalue weighted by molar-refractivity contribution is -0.117. The summed E-state index contributed by atoms with van der Waals surface area (Å²) in [7, 11) is 0. The summed E-state index contributed by atoms with van der Waals surface area (Å²) in [6.45, 7) is 5.51. The van der Waals surface area contributed by atoms with Crippen LogP contribution in [0.5, 0.6) is 0 Å². The van der Waals surface area contributed by atoms with Gasteiger partial charge in [-0.2, -0.15) is 5.10 Å². The van der Waals surface area contributed by atoms with Crippen molar-refractivity contribution in [3.63, 3.8) is 0 Å². The summed E-state index contributed by atoms with van der Waals surface area (Å²) in [5.74, 6) is -0.626. The molecule has 1 aromatic heterocycles. The van der Waals surface area contributed by atoms with E-state index in [4.69, 9.17) is 5.10 Å². The SMILES string of the molecule is Cc1ccc(-n2nc(-c3ccccc3)cc2NC(=O)CN(C(=O)c2ccc(F)cc2)C(C)C)cc1. The van der Waals surface area contributed by atoms with Gasteiger partial charge in [0.15, 0.2) is 0 Å². The number of amides is 2. The van der Waals surface area contributed by atoms with E-state index >= 15 is 0 Å². The second-order valence-corrected chi connectivity index (χ2v) is 8.61. The van der Waals surface area contributed by atoms with Crippen molar-refractivity contribution in [1.29, 1.82) is 0 Å². The van der Waals surface area contributed by atoms with E-state index in [1.165, 1.54) is 29.2 Å². The third-order valence-electron chi connectivity index (χ3n) is 5.61. The molecule has 0 saturated heterocycles. The van der Waals surface area contributed by atoms with Crippen molar-refractivity contribution >= 4 is 17.6 Å². The fourth-order valence-electron chi connectivity index (χ4n) is 3.69. The fourth-order valence-corrected chi connectivity index (χ4v) is 3.69. The summed E-state index contributed by atoms with van der Waals surface area (Å²) >= 11 is 0. The molecule has 4 aromatic rings. The third-order valence-corrected chi connectivity index (χ3v) is 5.61. The van der Waals surface area contributed by atoms with E-state index in [9.17, 15) is 14.0 Å². The highest BCUT2D eigenvalue weighted by Gasteiger charge is 2.23. The zero-order valence-corrected chi connectivity index (χ0v) is 19.9. The summed E-state index contributed by atoms with van der Waals surface area (Å²) < 4.78 is 15.0. The molecule has 1 heterocycles. The Morgan fingerprint density at radius 2 is 1.63 bits per heavy atom. The maximum absolute atomic E-state index is 13.3. The first-order valence-corrected chi connectivity index (χ1v) is 11.4. The zero-order valence-electron chi connectivity index (χ0n) is 19.9. The molecule has 0 saturated carbocycles. The van der Waals surface area contributed by atoms with Crippen molar-refractivity contribution in [2.45, 2.75) is 26.8 Å². The third kappa shape index (κ3) is 5.63. The Morgan fingerprint density at radius 1 is 0.971 bits per heavy atom. The molecule has 7 heteroatoms. The van der Waals surface area contributed by atoms with Crippen molar-refractivity contribution in [1.82, 2.24) is 14.7 Å². The molecule has 35 heavy (non-hydrogen) atoms. The maximum atomic E-state index is 13.3. The number of aromatic nitrogens is 2. The smallest absolute Gasteiger partial charge is 0.254 e. The van der Waals surface area contributed by atoms with Crippen LogP contribution in [0.4, 0.5) is 10.2 Å². The molecular formula is C28H27FN4O2. The monoisotopic (exact) mass is 470 g/mol. The molecular weight excluding hydrogens is 443 g/mol. The maximum Gasteiger partial charge on any atom is 0.254 e. The Labute approximate surface area is 204 Å². The number of anilines is 1. The van der Waals surface area contributed by atoms with Gasteiger partial charge in [0.1, 0.15) is 18.2 Å². The van der Waals surface area contributed by atoms with Gasteiger partial charge in [0.2, 0.25) is 5.91 Å². The van der Waals surface area contributed by atoms with Crippen molar-refractivity contribution < 1.29 is 14.0 Å². The van der Waals surface area contributed by atoms with Gasteiger partial charge in [0, 0.05) is 23.2 Å². The van der Waals surface area contributed by atoms with E-state index in [1.54, 1.807) is 4.68 Å². The number of rotatable bonds is 7. The molecule has 6 nitrogen and oxygen atoms in total. The molecule has 3 aromatic carbocycles. The number of benzene rings is 3. The van der Waals surface area contributed by atoms with Gasteiger partial charge in [0.05, 0.1) is 11.4 Å². The highest BCUT2D eigenvalue weighted by molar-refractivity contribution is 5.99. The molecule has 0 fully saturated rings. The number of nitrogens with one attached hydrogen (secondary N) is 1. The summed E-state index contributed by atoms with van der Waals surface area (Å²) in [5, 5.41) is 7.65. The Balaban J connectivity index is 1.60. The summed E-state index contributed by atoms with van der Waals surface area (Å²) in [5.41, 5.74) is 3.87. The van der Waals surface area contributed by atoms with E-state index in [1.807, 2.05) is 81.4 Å². The molecule has 4 rings (SSSR count). The average Bonchev–Trinajstić information content (AvgIpc) is 3.27. The summed E-state index contributed by atoms with van der Waals surface area (Å²) in [6, 6.07) is 24.4. The van der Waals surface area contributed by atoms with Crippen LogP contribution in [-0.2, 0) is 4.79 Å². The second kappa shape index (κ2) is 10.3. The normalized spacial score (nSPS) is 10.9. The van der Waals surface area contributed by atoms with Crippen LogP contribution in [0.3, 0.4) is 0 Å². The van der Waals surface area contributed by atoms with Crippen LogP contribution in [0.15, 0.2) is 84.9 Å². The lowest BCUT2D eigenvalue weighted by Gasteiger charge is -2.26. The van der Waals surface area contributed by atoms with Crippen LogP contribution in [0.25, 0.3) is 16.9 Å². The second-order valence-electron chi connectivity index (χ2n) is 8.61. The summed E-state index contributed by atoms with van der Waals surface area (Å²) in [4.78, 5) is 27.5. The van der Waals surface area contributed by atoms with Gasteiger partial charge in [0.25, 0.3) is 5.91 Å². The van der Waals surface area contributed by atoms with Gasteiger partial charge in [-0.25, -0.2) is 9.07 Å². The number of hydrogen-bond donors (Lipinski definition) is 1. The molecule has 0 aliphatic heterocycles. The largest absolute Gasteiger partial charge is 0.327 e. The standard InChI is InChI=1S/C28H27FN4O2/c1-19(2)32(28(35)22-11-13-23(29)14-12-22)18-27(34)30-26-17-25(21-7-5-4-6-8-21)31-33(26)24-15-9-20(3)10-16-24/h4-17,19H,18H2,1-3H3,(H,30,34). The van der Waals surface area contributed by atoms with E-state index in [0.717, 1.165) is 16.8 Å². The quantitative estimate of drug-likeness (QED) is 0.389. The molecule has 0 aliphatic rings. The Kier molecular flexibility index (Phi) is 7.06. The highest BCUT2D eigenvalue weighted by Crippen LogP contribution is 2.25. The predicted octanol–water partition coefficient (Wildman–Crippen LogP) is 5.48. The molecule has 0 atom stereocenters. The molecule has 0 bridgehead atoms. The number of nitrogens with zero attached hydrogens (tertiary/aromatic N) is 3. The minimum Gasteiger partial charge on any atom is -0.327 e. The van der Waals surface area contributed by atoms with Gasteiger partial charge in [-0.15, -0.1) is 0 Å². The van der Waals surface area contributed by atoms with Crippen molar-refractivity contribution in [2.24, 2.45) is 0 Å². The van der Waals surface area contributed by atoms with E-state index in [0.29, 0.717) is 17.1 Å². The van der Waals surface area contributed by atoms with Gasteiger partial charge < -0.3 is 10.2 Å². The predicted molar refractivity (Wildman–Crippen MR) is 135 cm³/mol. The van der Waals surface area contributed by atoms with Crippen molar-refractivity contribution in [3.8, 4) is 16.9 Å². The van der Waals surface area contributed by atoms with Crippen LogP contribution in [0, 0.1) is 12.7 Å². The minimum absolute atomic E-state index is 0.159. The summed E-state index contributed by atoms with van der Waals surface area (Å²) in [6.07, 6.45) is 0. The van der Waals surface area contributed by atoms with E-state index < -0.39 is 5.82 Å². The van der Waals surface area contributed by atoms with E-state index in [-0.39, 0.29) is 24.4 Å². The number of aryl methyl sites for hydroxylation is 1. The number of halogens is 1. The number of hydrogen-bond acceptors (Lipinski definition) is 3. The first-order valence-electron chi connectivity index (χ1n) is 11.4. The first-order chi connectivity index (χ1) is 16.8. The van der Waals surface area contributed by atoms with Crippen LogP contribution in [0.2, 0.25) is 0 Å². The lowest BCUT2D eigenvalue weighted by atomic mass is 10.1. The Morgan fingerprint density at radius 3 is 2.26 bits per heavy atom. The van der Waals surface area contributed by atoms with Crippen LogP contribution >= 0.6 is 0 Å². The average molecular weight is 471 g/mol. The first kappa shape index (κ1) is 23.9. The molecule has 1 N–H and O–H groups in total. The Hall–Kier alpha value is -4.26. The topological polar surface area (TPSA) is 67.2 Å². The highest BCUT2D eigenvalue weighted by atomic mass is 19.1. The van der Waals surface area contributed by atoms with Gasteiger partial charge in [-0.3, -0.25) is 9.59 Å². The van der Waals surface area contributed by atoms with Crippen LogP contribution < -0.4 is 5.32 Å².